The average molecular weight is 432 g/mol. The zero-order valence-electron chi connectivity index (χ0n) is 19.6. The third-order valence-corrected chi connectivity index (χ3v) is 6.41. The lowest BCUT2D eigenvalue weighted by atomic mass is 10.1. The Morgan fingerprint density at radius 1 is 1.16 bits per heavy atom. The van der Waals surface area contributed by atoms with Gasteiger partial charge in [0.15, 0.2) is 5.96 Å². The van der Waals surface area contributed by atoms with Crippen LogP contribution in [0, 0.1) is 0 Å². The Morgan fingerprint density at radius 3 is 2.74 bits per heavy atom. The monoisotopic (exact) mass is 431 g/mol. The van der Waals surface area contributed by atoms with E-state index in [4.69, 9.17) is 14.5 Å². The number of ether oxygens (including phenoxy) is 2. The molecule has 1 aromatic rings. The summed E-state index contributed by atoms with van der Waals surface area (Å²) in [6.45, 7) is 9.87. The van der Waals surface area contributed by atoms with Crippen molar-refractivity contribution in [2.45, 2.75) is 44.7 Å². The summed E-state index contributed by atoms with van der Waals surface area (Å²) in [6.07, 6.45) is 5.02. The maximum atomic E-state index is 5.47. The second-order valence-corrected chi connectivity index (χ2v) is 8.46. The van der Waals surface area contributed by atoms with Crippen LogP contribution in [0.4, 0.5) is 0 Å². The highest BCUT2D eigenvalue weighted by Crippen LogP contribution is 2.28. The fourth-order valence-corrected chi connectivity index (χ4v) is 4.70. The second-order valence-electron chi connectivity index (χ2n) is 8.46. The van der Waals surface area contributed by atoms with Crippen molar-refractivity contribution in [1.29, 1.82) is 0 Å². The van der Waals surface area contributed by atoms with Crippen molar-refractivity contribution in [3.05, 3.63) is 29.8 Å². The third kappa shape index (κ3) is 7.09. The van der Waals surface area contributed by atoms with Crippen LogP contribution >= 0.6 is 0 Å². The lowest BCUT2D eigenvalue weighted by molar-refractivity contribution is 0.141. The summed E-state index contributed by atoms with van der Waals surface area (Å²) in [5.74, 6) is 1.82. The smallest absolute Gasteiger partial charge is 0.191 e. The van der Waals surface area contributed by atoms with E-state index >= 15 is 0 Å². The summed E-state index contributed by atoms with van der Waals surface area (Å²) < 4.78 is 10.7. The van der Waals surface area contributed by atoms with Gasteiger partial charge in [0.05, 0.1) is 26.3 Å². The molecule has 1 aromatic carbocycles. The van der Waals surface area contributed by atoms with Gasteiger partial charge in [-0.25, -0.2) is 0 Å². The number of nitrogens with zero attached hydrogens (tertiary/aromatic N) is 3. The molecule has 2 N–H and O–H groups in total. The predicted octanol–water partition coefficient (Wildman–Crippen LogP) is 2.50. The summed E-state index contributed by atoms with van der Waals surface area (Å²) in [5, 5.41) is 7.04. The fourth-order valence-electron chi connectivity index (χ4n) is 4.70. The Hall–Kier alpha value is -1.83. The molecule has 3 rings (SSSR count). The van der Waals surface area contributed by atoms with Gasteiger partial charge in [-0.05, 0) is 69.9 Å². The molecular formula is C24H41N5O2. The molecule has 0 aromatic heterocycles. The molecule has 7 nitrogen and oxygen atoms in total. The number of nitrogens with one attached hydrogen (secondary N) is 2. The molecule has 0 saturated carbocycles. The molecule has 0 spiro atoms. The summed E-state index contributed by atoms with van der Waals surface area (Å²) >= 11 is 0. The first-order valence-corrected chi connectivity index (χ1v) is 11.9. The lowest BCUT2D eigenvalue weighted by Crippen LogP contribution is -2.45. The van der Waals surface area contributed by atoms with E-state index in [0.29, 0.717) is 6.04 Å². The Balaban J connectivity index is 1.65. The van der Waals surface area contributed by atoms with Crippen LogP contribution in [-0.4, -0.2) is 88.4 Å². The maximum Gasteiger partial charge on any atom is 0.191 e. The van der Waals surface area contributed by atoms with E-state index in [9.17, 15) is 0 Å². The van der Waals surface area contributed by atoms with E-state index in [2.05, 4.69) is 45.6 Å². The molecule has 0 radical (unpaired) electrons. The van der Waals surface area contributed by atoms with Gasteiger partial charge in [-0.15, -0.1) is 0 Å². The molecule has 2 heterocycles. The van der Waals surface area contributed by atoms with Crippen molar-refractivity contribution in [2.75, 3.05) is 66.6 Å². The van der Waals surface area contributed by atoms with Gasteiger partial charge in [0, 0.05) is 32.8 Å². The molecule has 2 aliphatic rings. The van der Waals surface area contributed by atoms with Gasteiger partial charge in [-0.2, -0.15) is 0 Å². The van der Waals surface area contributed by atoms with Crippen molar-refractivity contribution in [1.82, 2.24) is 20.4 Å². The van der Waals surface area contributed by atoms with Crippen LogP contribution in [0.3, 0.4) is 0 Å². The zero-order valence-corrected chi connectivity index (χ0v) is 19.6. The first-order chi connectivity index (χ1) is 15.2. The molecule has 2 saturated heterocycles. The van der Waals surface area contributed by atoms with E-state index in [1.807, 2.05) is 6.07 Å². The molecule has 0 aliphatic carbocycles. The number of methoxy groups -OCH3 is 2. The summed E-state index contributed by atoms with van der Waals surface area (Å²) in [5.41, 5.74) is 1.28. The van der Waals surface area contributed by atoms with E-state index in [-0.39, 0.29) is 6.04 Å². The van der Waals surface area contributed by atoms with E-state index in [0.717, 1.165) is 64.1 Å². The van der Waals surface area contributed by atoms with Crippen LogP contribution in [0.25, 0.3) is 0 Å². The molecule has 7 heteroatoms. The summed E-state index contributed by atoms with van der Waals surface area (Å²) in [7, 11) is 3.51. The molecule has 31 heavy (non-hydrogen) atoms. The van der Waals surface area contributed by atoms with E-state index in [1.165, 1.54) is 31.2 Å². The van der Waals surface area contributed by atoms with Gasteiger partial charge in [-0.3, -0.25) is 14.8 Å². The number of aliphatic imine (C=N–C) groups is 1. The molecule has 2 unspecified atom stereocenters. The Kier molecular flexibility index (Phi) is 9.90. The summed E-state index contributed by atoms with van der Waals surface area (Å²) in [6, 6.07) is 9.28. The van der Waals surface area contributed by atoms with Crippen LogP contribution in [0.15, 0.2) is 29.3 Å². The normalized spacial score (nSPS) is 21.4. The minimum atomic E-state index is 0.276. The molecule has 0 amide bonds. The minimum Gasteiger partial charge on any atom is -0.497 e. The highest BCUT2D eigenvalue weighted by Gasteiger charge is 2.25. The van der Waals surface area contributed by atoms with Crippen molar-refractivity contribution in [3.8, 4) is 5.75 Å². The van der Waals surface area contributed by atoms with Crippen molar-refractivity contribution < 1.29 is 9.47 Å². The van der Waals surface area contributed by atoms with Crippen LogP contribution < -0.4 is 15.4 Å². The zero-order chi connectivity index (χ0) is 21.9. The predicted molar refractivity (Wildman–Crippen MR) is 127 cm³/mol. The van der Waals surface area contributed by atoms with Gasteiger partial charge in [0.1, 0.15) is 5.75 Å². The van der Waals surface area contributed by atoms with Crippen molar-refractivity contribution >= 4 is 5.96 Å². The molecular weight excluding hydrogens is 390 g/mol. The Morgan fingerprint density at radius 2 is 2.00 bits per heavy atom. The van der Waals surface area contributed by atoms with Crippen molar-refractivity contribution in [2.24, 2.45) is 4.99 Å². The largest absolute Gasteiger partial charge is 0.497 e. The third-order valence-electron chi connectivity index (χ3n) is 6.41. The van der Waals surface area contributed by atoms with Gasteiger partial charge in [-0.1, -0.05) is 12.1 Å². The molecule has 2 atom stereocenters. The highest BCUT2D eigenvalue weighted by molar-refractivity contribution is 5.79. The topological polar surface area (TPSA) is 61.4 Å². The molecule has 174 valence electrons. The van der Waals surface area contributed by atoms with E-state index < -0.39 is 0 Å². The first kappa shape index (κ1) is 23.8. The van der Waals surface area contributed by atoms with E-state index in [1.54, 1.807) is 14.2 Å². The number of hydrogen-bond donors (Lipinski definition) is 2. The average Bonchev–Trinajstić information content (AvgIpc) is 3.48. The molecule has 2 fully saturated rings. The Labute approximate surface area is 188 Å². The standard InChI is InChI=1S/C24H41N5O2/c1-4-25-24(26-18-21-10-8-14-28(21)15-16-30-2)27-19-23(29-12-5-6-13-29)20-9-7-11-22(17-20)31-3/h7,9,11,17,21,23H,4-6,8,10,12-16,18-19H2,1-3H3,(H2,25,26,27). The number of benzene rings is 1. The van der Waals surface area contributed by atoms with Gasteiger partial charge >= 0.3 is 0 Å². The summed E-state index contributed by atoms with van der Waals surface area (Å²) in [4.78, 5) is 10.1. The minimum absolute atomic E-state index is 0.276. The maximum absolute atomic E-state index is 5.47. The first-order valence-electron chi connectivity index (χ1n) is 11.9. The molecule has 2 aliphatic heterocycles. The van der Waals surface area contributed by atoms with Gasteiger partial charge in [0.2, 0.25) is 0 Å². The highest BCUT2D eigenvalue weighted by atomic mass is 16.5. The SMILES string of the molecule is CCNC(=NCC(c1cccc(OC)c1)N1CCCC1)NCC1CCCN1CCOC. The quantitative estimate of drug-likeness (QED) is 0.415. The van der Waals surface area contributed by atoms with Crippen LogP contribution in [0.2, 0.25) is 0 Å². The van der Waals surface area contributed by atoms with Gasteiger partial charge in [0.25, 0.3) is 0 Å². The number of guanidine groups is 1. The molecule has 0 bridgehead atoms. The van der Waals surface area contributed by atoms with Crippen LogP contribution in [-0.2, 0) is 4.74 Å². The van der Waals surface area contributed by atoms with Crippen LogP contribution in [0.1, 0.15) is 44.2 Å². The van der Waals surface area contributed by atoms with Crippen LogP contribution in [0.5, 0.6) is 5.75 Å². The number of rotatable bonds is 11. The number of likely N-dealkylation sites (tertiary alicyclic amines) is 2. The fraction of sp³-hybridized carbons (Fsp3) is 0.708. The Bertz CT molecular complexity index is 678. The second kappa shape index (κ2) is 12.9. The van der Waals surface area contributed by atoms with Gasteiger partial charge < -0.3 is 20.1 Å². The number of hydrogen-bond acceptors (Lipinski definition) is 5. The van der Waals surface area contributed by atoms with Crippen molar-refractivity contribution in [3.63, 3.8) is 0 Å². The lowest BCUT2D eigenvalue weighted by Gasteiger charge is -2.28.